The summed E-state index contributed by atoms with van der Waals surface area (Å²) in [5.41, 5.74) is 3.42. The predicted molar refractivity (Wildman–Crippen MR) is 92.7 cm³/mol. The fraction of sp³-hybridized carbons (Fsp3) is 0.316. The quantitative estimate of drug-likeness (QED) is 0.819. The number of anilines is 1. The highest BCUT2D eigenvalue weighted by atomic mass is 16.3. The molecule has 1 aliphatic heterocycles. The number of nitrogens with zero attached hydrogens (tertiary/aromatic N) is 2. The highest BCUT2D eigenvalue weighted by Crippen LogP contribution is 2.26. The summed E-state index contributed by atoms with van der Waals surface area (Å²) in [7, 11) is 0. The second-order valence-electron chi connectivity index (χ2n) is 6.22. The Morgan fingerprint density at radius 3 is 2.64 bits per heavy atom. The van der Waals surface area contributed by atoms with Gasteiger partial charge in [-0.2, -0.15) is 4.57 Å². The lowest BCUT2D eigenvalue weighted by molar-refractivity contribution is -0.698. The van der Waals surface area contributed by atoms with Crippen molar-refractivity contribution >= 4 is 17.5 Å². The zero-order valence-corrected chi connectivity index (χ0v) is 14.4. The van der Waals surface area contributed by atoms with Gasteiger partial charge in [-0.15, -0.1) is 0 Å². The number of hydrogen-bond donors (Lipinski definition) is 2. The van der Waals surface area contributed by atoms with Crippen molar-refractivity contribution < 1.29 is 19.3 Å². The average molecular weight is 340 g/mol. The number of fused-ring (bicyclic) bond motifs is 1. The normalized spacial score (nSPS) is 16.5. The molecular weight excluding hydrogens is 318 g/mol. The van der Waals surface area contributed by atoms with Gasteiger partial charge in [0, 0.05) is 24.4 Å². The zero-order chi connectivity index (χ0) is 18.0. The lowest BCUT2D eigenvalue weighted by atomic mass is 10.0. The fourth-order valence-electron chi connectivity index (χ4n) is 3.26. The molecule has 1 aromatic heterocycles. The molecule has 0 unspecified atom stereocenters. The molecule has 2 amide bonds. The van der Waals surface area contributed by atoms with E-state index in [-0.39, 0.29) is 31.5 Å². The number of β-amino-alcohol motifs (C(OH)–C–C–N with tert-alkyl or cyclic N) is 1. The molecule has 3 rings (SSSR count). The first-order chi connectivity index (χ1) is 12.0. The van der Waals surface area contributed by atoms with Crippen LogP contribution in [0.1, 0.15) is 22.9 Å². The number of nitrogens with one attached hydrogen (secondary N) is 1. The summed E-state index contributed by atoms with van der Waals surface area (Å²) >= 11 is 0. The van der Waals surface area contributed by atoms with Crippen LogP contribution < -0.4 is 9.88 Å². The van der Waals surface area contributed by atoms with Crippen molar-refractivity contribution in [3.8, 4) is 0 Å². The molecular formula is C19H22N3O3+. The Morgan fingerprint density at radius 1 is 1.24 bits per heavy atom. The second-order valence-corrected chi connectivity index (χ2v) is 6.22. The molecule has 1 aliphatic rings. The maximum Gasteiger partial charge on any atom is 0.289 e. The van der Waals surface area contributed by atoms with Gasteiger partial charge in [0.05, 0.1) is 6.61 Å². The molecule has 1 atom stereocenters. The van der Waals surface area contributed by atoms with Crippen LogP contribution in [0, 0.1) is 13.8 Å². The molecule has 6 nitrogen and oxygen atoms in total. The number of rotatable bonds is 4. The summed E-state index contributed by atoms with van der Waals surface area (Å²) in [4.78, 5) is 27.0. The number of amides is 2. The van der Waals surface area contributed by atoms with Gasteiger partial charge in [0.25, 0.3) is 11.8 Å². The van der Waals surface area contributed by atoms with E-state index < -0.39 is 6.04 Å². The van der Waals surface area contributed by atoms with E-state index in [1.807, 2.05) is 50.2 Å². The summed E-state index contributed by atoms with van der Waals surface area (Å²) in [6.07, 6.45) is 1.79. The van der Waals surface area contributed by atoms with E-state index >= 15 is 0 Å². The highest BCUT2D eigenvalue weighted by molar-refractivity contribution is 5.98. The average Bonchev–Trinajstić information content (AvgIpc) is 2.59. The summed E-state index contributed by atoms with van der Waals surface area (Å²) in [6, 6.07) is 10.6. The van der Waals surface area contributed by atoms with Crippen LogP contribution in [0.3, 0.4) is 0 Å². The zero-order valence-electron chi connectivity index (χ0n) is 14.4. The van der Waals surface area contributed by atoms with Crippen molar-refractivity contribution in [1.82, 2.24) is 4.90 Å². The van der Waals surface area contributed by atoms with E-state index in [0.717, 1.165) is 22.5 Å². The maximum absolute atomic E-state index is 13.1. The molecule has 2 heterocycles. The van der Waals surface area contributed by atoms with Gasteiger partial charge >= 0.3 is 0 Å². The number of pyridine rings is 1. The van der Waals surface area contributed by atoms with Crippen LogP contribution in [0.4, 0.5) is 5.69 Å². The van der Waals surface area contributed by atoms with Crippen LogP contribution in [0.15, 0.2) is 42.6 Å². The third-order valence-corrected chi connectivity index (χ3v) is 4.51. The molecule has 1 aromatic carbocycles. The van der Waals surface area contributed by atoms with Crippen LogP contribution in [0.25, 0.3) is 0 Å². The van der Waals surface area contributed by atoms with Crippen molar-refractivity contribution in [1.29, 1.82) is 0 Å². The van der Waals surface area contributed by atoms with Gasteiger partial charge in [-0.1, -0.05) is 24.3 Å². The first kappa shape index (κ1) is 17.1. The Morgan fingerprint density at radius 2 is 1.96 bits per heavy atom. The number of aliphatic hydroxyl groups is 1. The van der Waals surface area contributed by atoms with Crippen LogP contribution in [0.2, 0.25) is 0 Å². The Bertz CT molecular complexity index is 799. The van der Waals surface area contributed by atoms with E-state index in [1.54, 1.807) is 10.8 Å². The van der Waals surface area contributed by atoms with Gasteiger partial charge in [-0.05, 0) is 25.0 Å². The molecule has 0 saturated carbocycles. The Balaban J connectivity index is 1.99. The van der Waals surface area contributed by atoms with Gasteiger partial charge in [0.1, 0.15) is 0 Å². The Kier molecular flexibility index (Phi) is 4.81. The largest absolute Gasteiger partial charge is 0.395 e. The molecule has 0 aliphatic carbocycles. The Hall–Kier alpha value is -2.73. The van der Waals surface area contributed by atoms with Crippen molar-refractivity contribution in [3.05, 3.63) is 59.4 Å². The minimum atomic E-state index is -0.770. The lowest BCUT2D eigenvalue weighted by Crippen LogP contribution is -2.58. The van der Waals surface area contributed by atoms with E-state index in [2.05, 4.69) is 5.32 Å². The van der Waals surface area contributed by atoms with E-state index in [9.17, 15) is 14.7 Å². The van der Waals surface area contributed by atoms with Gasteiger partial charge in [-0.3, -0.25) is 9.59 Å². The number of carbonyl (C=O) groups excluding carboxylic acids is 2. The Labute approximate surface area is 146 Å². The lowest BCUT2D eigenvalue weighted by Gasteiger charge is -2.31. The monoisotopic (exact) mass is 340 g/mol. The number of aromatic nitrogens is 1. The topological polar surface area (TPSA) is 73.5 Å². The smallest absolute Gasteiger partial charge is 0.289 e. The third-order valence-electron chi connectivity index (χ3n) is 4.51. The first-order valence-electron chi connectivity index (χ1n) is 8.28. The van der Waals surface area contributed by atoms with E-state index in [0.29, 0.717) is 0 Å². The molecule has 130 valence electrons. The van der Waals surface area contributed by atoms with Gasteiger partial charge in [-0.25, -0.2) is 0 Å². The molecule has 0 bridgehead atoms. The maximum atomic E-state index is 13.1. The number of benzene rings is 1. The summed E-state index contributed by atoms with van der Waals surface area (Å²) in [6.45, 7) is 3.97. The van der Waals surface area contributed by atoms with Crippen molar-refractivity contribution in [2.75, 3.05) is 18.5 Å². The molecule has 0 radical (unpaired) electrons. The number of aryl methyl sites for hydroxylation is 2. The van der Waals surface area contributed by atoms with Crippen molar-refractivity contribution in [2.45, 2.75) is 26.4 Å². The van der Waals surface area contributed by atoms with E-state index in [4.69, 9.17) is 0 Å². The molecule has 2 aromatic rings. The summed E-state index contributed by atoms with van der Waals surface area (Å²) in [5.74, 6) is -0.460. The van der Waals surface area contributed by atoms with Crippen molar-refractivity contribution in [2.24, 2.45) is 0 Å². The molecule has 2 N–H and O–H groups in total. The molecule has 0 spiro atoms. The molecule has 0 fully saturated rings. The van der Waals surface area contributed by atoms with Gasteiger partial charge in [0.2, 0.25) is 12.2 Å². The number of hydrogen-bond acceptors (Lipinski definition) is 3. The number of carbonyl (C=O) groups is 2. The molecule has 25 heavy (non-hydrogen) atoms. The minimum Gasteiger partial charge on any atom is -0.395 e. The van der Waals surface area contributed by atoms with Crippen molar-refractivity contribution in [3.63, 3.8) is 0 Å². The SMILES string of the molecule is Cc1cccc(C)c1NC(=O)[C@@H]1c2cccc[n+]2CC(=O)N1CCO. The fourth-order valence-corrected chi connectivity index (χ4v) is 3.26. The molecule has 6 heteroatoms. The second kappa shape index (κ2) is 7.03. The van der Waals surface area contributed by atoms with Crippen LogP contribution >= 0.6 is 0 Å². The predicted octanol–water partition coefficient (Wildman–Crippen LogP) is 1.11. The van der Waals surface area contributed by atoms with Gasteiger partial charge in [0.15, 0.2) is 12.2 Å². The first-order valence-corrected chi connectivity index (χ1v) is 8.28. The molecule has 0 saturated heterocycles. The number of para-hydroxylation sites is 1. The highest BCUT2D eigenvalue weighted by Gasteiger charge is 2.42. The van der Waals surface area contributed by atoms with Crippen LogP contribution in [-0.4, -0.2) is 35.0 Å². The van der Waals surface area contributed by atoms with Gasteiger partial charge < -0.3 is 15.3 Å². The third kappa shape index (κ3) is 3.25. The van der Waals surface area contributed by atoms with Crippen LogP contribution in [0.5, 0.6) is 0 Å². The summed E-state index contributed by atoms with van der Waals surface area (Å²) < 4.78 is 1.78. The minimum absolute atomic E-state index is 0.124. The summed E-state index contributed by atoms with van der Waals surface area (Å²) in [5, 5.41) is 12.3. The standard InChI is InChI=1S/C19H21N3O3/c1-13-6-5-7-14(2)17(13)20-19(25)18-15-8-3-4-9-21(15)12-16(24)22(18)10-11-23/h3-9,18,23H,10-12H2,1-2H3/p+1/t18-/m0/s1. The number of aliphatic hydroxyl groups excluding tert-OH is 1. The van der Waals surface area contributed by atoms with E-state index in [1.165, 1.54) is 4.90 Å². The van der Waals surface area contributed by atoms with Crippen LogP contribution in [-0.2, 0) is 16.1 Å².